The molecule has 1 aromatic rings. The van der Waals surface area contributed by atoms with Gasteiger partial charge in [-0.25, -0.2) is 0 Å². The van der Waals surface area contributed by atoms with Crippen LogP contribution in [0.4, 0.5) is 0 Å². The normalized spacial score (nSPS) is 25.4. The van der Waals surface area contributed by atoms with E-state index in [1.165, 1.54) is 5.56 Å². The van der Waals surface area contributed by atoms with Gasteiger partial charge in [-0.3, -0.25) is 14.6 Å². The Morgan fingerprint density at radius 3 is 2.50 bits per heavy atom. The maximum absolute atomic E-state index is 12.5. The summed E-state index contributed by atoms with van der Waals surface area (Å²) in [6, 6.07) is 10.6. The van der Waals surface area contributed by atoms with Gasteiger partial charge in [0.25, 0.3) is 0 Å². The Bertz CT molecular complexity index is 529. The van der Waals surface area contributed by atoms with Crippen LogP contribution in [0.2, 0.25) is 0 Å². The van der Waals surface area contributed by atoms with Crippen molar-refractivity contribution in [3.8, 4) is 0 Å². The number of carbonyl (C=O) groups excluding carboxylic acids is 1. The standard InChI is InChI=1S/C19H29N3O2/c1-20(14-16-6-3-2-4-7-16)15-19(24)22-12-10-21(11-13-22)17-8-5-9-18(17)23/h2-4,6-7,17-18,23H,5,8-15H2,1H3/t17-,18+/m1/s1. The molecule has 1 heterocycles. The van der Waals surface area contributed by atoms with Crippen LogP contribution >= 0.6 is 0 Å². The van der Waals surface area contributed by atoms with E-state index >= 15 is 0 Å². The summed E-state index contributed by atoms with van der Waals surface area (Å²) in [5.41, 5.74) is 1.23. The Balaban J connectivity index is 1.43. The van der Waals surface area contributed by atoms with Crippen LogP contribution in [0.3, 0.4) is 0 Å². The second-order valence-corrected chi connectivity index (χ2v) is 7.14. The van der Waals surface area contributed by atoms with Gasteiger partial charge in [-0.2, -0.15) is 0 Å². The fourth-order valence-corrected chi connectivity index (χ4v) is 3.93. The molecule has 1 aliphatic carbocycles. The van der Waals surface area contributed by atoms with Crippen LogP contribution in [0.25, 0.3) is 0 Å². The molecule has 1 saturated carbocycles. The van der Waals surface area contributed by atoms with E-state index in [1.54, 1.807) is 0 Å². The van der Waals surface area contributed by atoms with Crippen molar-refractivity contribution in [3.05, 3.63) is 35.9 Å². The summed E-state index contributed by atoms with van der Waals surface area (Å²) in [4.78, 5) is 18.9. The molecule has 24 heavy (non-hydrogen) atoms. The SMILES string of the molecule is CN(CC(=O)N1CCN([C@@H]2CCC[C@@H]2O)CC1)Cc1ccccc1. The number of hydrogen-bond donors (Lipinski definition) is 1. The zero-order valence-corrected chi connectivity index (χ0v) is 14.6. The van der Waals surface area contributed by atoms with Crippen molar-refractivity contribution < 1.29 is 9.90 Å². The Hall–Kier alpha value is -1.43. The Kier molecular flexibility index (Phi) is 5.87. The lowest BCUT2D eigenvalue weighted by molar-refractivity contribution is -0.134. The summed E-state index contributed by atoms with van der Waals surface area (Å²) in [6.07, 6.45) is 2.96. The molecule has 132 valence electrons. The molecule has 1 N–H and O–H groups in total. The van der Waals surface area contributed by atoms with Crippen LogP contribution in [0, 0.1) is 0 Å². The van der Waals surface area contributed by atoms with Crippen molar-refractivity contribution in [2.24, 2.45) is 0 Å². The second kappa shape index (κ2) is 8.10. The molecule has 2 atom stereocenters. The minimum absolute atomic E-state index is 0.177. The van der Waals surface area contributed by atoms with Gasteiger partial charge in [-0.05, 0) is 31.9 Å². The van der Waals surface area contributed by atoms with Gasteiger partial charge in [0.05, 0.1) is 12.6 Å². The molecule has 1 amide bonds. The third-order valence-electron chi connectivity index (χ3n) is 5.28. The van der Waals surface area contributed by atoms with Crippen molar-refractivity contribution >= 4 is 5.91 Å². The second-order valence-electron chi connectivity index (χ2n) is 7.14. The van der Waals surface area contributed by atoms with E-state index in [1.807, 2.05) is 30.1 Å². The summed E-state index contributed by atoms with van der Waals surface area (Å²) in [6.45, 7) is 4.58. The number of nitrogens with zero attached hydrogens (tertiary/aromatic N) is 3. The number of likely N-dealkylation sites (N-methyl/N-ethyl adjacent to an activating group) is 1. The number of rotatable bonds is 5. The quantitative estimate of drug-likeness (QED) is 0.880. The van der Waals surface area contributed by atoms with Gasteiger partial charge in [0.2, 0.25) is 5.91 Å². The minimum atomic E-state index is -0.177. The van der Waals surface area contributed by atoms with Gasteiger partial charge in [-0.15, -0.1) is 0 Å². The number of aliphatic hydroxyl groups excluding tert-OH is 1. The lowest BCUT2D eigenvalue weighted by Gasteiger charge is -2.39. The molecule has 0 bridgehead atoms. The van der Waals surface area contributed by atoms with Crippen molar-refractivity contribution in [1.29, 1.82) is 0 Å². The maximum atomic E-state index is 12.5. The van der Waals surface area contributed by atoms with Gasteiger partial charge in [0.15, 0.2) is 0 Å². The molecular weight excluding hydrogens is 302 g/mol. The molecule has 5 heteroatoms. The lowest BCUT2D eigenvalue weighted by atomic mass is 10.1. The molecule has 3 rings (SSSR count). The number of hydrogen-bond acceptors (Lipinski definition) is 4. The monoisotopic (exact) mass is 331 g/mol. The molecule has 2 fully saturated rings. The van der Waals surface area contributed by atoms with Crippen molar-refractivity contribution in [2.45, 2.75) is 38.0 Å². The van der Waals surface area contributed by atoms with Crippen LogP contribution in [-0.2, 0) is 11.3 Å². The first kappa shape index (κ1) is 17.4. The van der Waals surface area contributed by atoms with E-state index in [4.69, 9.17) is 0 Å². The predicted octanol–water partition coefficient (Wildman–Crippen LogP) is 1.18. The van der Waals surface area contributed by atoms with E-state index in [2.05, 4.69) is 21.9 Å². The smallest absolute Gasteiger partial charge is 0.236 e. The summed E-state index contributed by atoms with van der Waals surface area (Å²) >= 11 is 0. The molecule has 0 unspecified atom stereocenters. The van der Waals surface area contributed by atoms with E-state index in [-0.39, 0.29) is 12.0 Å². The van der Waals surface area contributed by atoms with E-state index in [0.29, 0.717) is 12.6 Å². The summed E-state index contributed by atoms with van der Waals surface area (Å²) in [7, 11) is 2.00. The molecule has 1 saturated heterocycles. The first-order valence-corrected chi connectivity index (χ1v) is 9.06. The Morgan fingerprint density at radius 2 is 1.88 bits per heavy atom. The molecule has 1 aliphatic heterocycles. The third-order valence-corrected chi connectivity index (χ3v) is 5.28. The van der Waals surface area contributed by atoms with Gasteiger partial charge in [0.1, 0.15) is 0 Å². The first-order valence-electron chi connectivity index (χ1n) is 9.06. The highest BCUT2D eigenvalue weighted by Gasteiger charge is 2.33. The summed E-state index contributed by atoms with van der Waals surface area (Å²) in [5, 5.41) is 10.0. The highest BCUT2D eigenvalue weighted by atomic mass is 16.3. The van der Waals surface area contributed by atoms with Gasteiger partial charge >= 0.3 is 0 Å². The van der Waals surface area contributed by atoms with Crippen LogP contribution in [0.1, 0.15) is 24.8 Å². The number of aliphatic hydroxyl groups is 1. The fourth-order valence-electron chi connectivity index (χ4n) is 3.93. The molecule has 0 spiro atoms. The molecular formula is C19H29N3O2. The zero-order valence-electron chi connectivity index (χ0n) is 14.6. The maximum Gasteiger partial charge on any atom is 0.236 e. The van der Waals surface area contributed by atoms with E-state index in [0.717, 1.165) is 52.0 Å². The number of carbonyl (C=O) groups is 1. The molecule has 0 aromatic heterocycles. The first-order chi connectivity index (χ1) is 11.6. The average molecular weight is 331 g/mol. The molecule has 0 radical (unpaired) electrons. The van der Waals surface area contributed by atoms with Crippen molar-refractivity contribution in [3.63, 3.8) is 0 Å². The van der Waals surface area contributed by atoms with Crippen LogP contribution in [0.15, 0.2) is 30.3 Å². The highest BCUT2D eigenvalue weighted by Crippen LogP contribution is 2.25. The van der Waals surface area contributed by atoms with Crippen molar-refractivity contribution in [2.75, 3.05) is 39.8 Å². The topological polar surface area (TPSA) is 47.0 Å². The van der Waals surface area contributed by atoms with Crippen LogP contribution in [-0.4, -0.2) is 77.6 Å². The third kappa shape index (κ3) is 4.35. The average Bonchev–Trinajstić information content (AvgIpc) is 3.02. The van der Waals surface area contributed by atoms with Crippen molar-refractivity contribution in [1.82, 2.24) is 14.7 Å². The highest BCUT2D eigenvalue weighted by molar-refractivity contribution is 5.78. The summed E-state index contributed by atoms with van der Waals surface area (Å²) in [5.74, 6) is 0.208. The number of benzene rings is 1. The fraction of sp³-hybridized carbons (Fsp3) is 0.632. The number of amides is 1. The lowest BCUT2D eigenvalue weighted by Crippen LogP contribution is -2.54. The van der Waals surface area contributed by atoms with Crippen LogP contribution in [0.5, 0.6) is 0 Å². The summed E-state index contributed by atoms with van der Waals surface area (Å²) < 4.78 is 0. The largest absolute Gasteiger partial charge is 0.391 e. The van der Waals surface area contributed by atoms with E-state index in [9.17, 15) is 9.90 Å². The van der Waals surface area contributed by atoms with Gasteiger partial charge in [0, 0.05) is 38.8 Å². The van der Waals surface area contributed by atoms with E-state index < -0.39 is 0 Å². The predicted molar refractivity (Wildman–Crippen MR) is 94.6 cm³/mol. The minimum Gasteiger partial charge on any atom is -0.391 e. The van der Waals surface area contributed by atoms with Crippen LogP contribution < -0.4 is 0 Å². The molecule has 2 aliphatic rings. The molecule has 5 nitrogen and oxygen atoms in total. The zero-order chi connectivity index (χ0) is 16.9. The molecule has 1 aromatic carbocycles. The Morgan fingerprint density at radius 1 is 1.17 bits per heavy atom. The van der Waals surface area contributed by atoms with Gasteiger partial charge < -0.3 is 10.0 Å². The Labute approximate surface area is 144 Å². The number of piperazine rings is 1. The van der Waals surface area contributed by atoms with Gasteiger partial charge in [-0.1, -0.05) is 30.3 Å².